The molecule has 0 spiro atoms. The summed E-state index contributed by atoms with van der Waals surface area (Å²) in [6.07, 6.45) is 2.32. The number of nitro groups is 1. The van der Waals surface area contributed by atoms with Crippen molar-refractivity contribution in [3.63, 3.8) is 0 Å². The number of aryl methyl sites for hydroxylation is 1. The molecule has 188 valence electrons. The molecule has 0 radical (unpaired) electrons. The summed E-state index contributed by atoms with van der Waals surface area (Å²) in [7, 11) is 0. The zero-order valence-corrected chi connectivity index (χ0v) is 20.5. The maximum atomic E-state index is 13.3. The number of hydrogen-bond donors (Lipinski definition) is 1. The number of aliphatic hydroxyl groups excluding tert-OH is 1. The van der Waals surface area contributed by atoms with Crippen LogP contribution in [0.3, 0.4) is 0 Å². The third-order valence-corrected chi connectivity index (χ3v) is 6.63. The first-order valence-electron chi connectivity index (χ1n) is 12.0. The highest BCUT2D eigenvalue weighted by Crippen LogP contribution is 2.40. The highest BCUT2D eigenvalue weighted by atomic mass is 16.6. The Morgan fingerprint density at radius 1 is 1.17 bits per heavy atom. The molecule has 1 fully saturated rings. The summed E-state index contributed by atoms with van der Waals surface area (Å²) in [5, 5.41) is 22.9. The van der Waals surface area contributed by atoms with Crippen LogP contribution >= 0.6 is 0 Å². The predicted octanol–water partition coefficient (Wildman–Crippen LogP) is 3.70. The van der Waals surface area contributed by atoms with Crippen LogP contribution in [0.1, 0.15) is 43.3 Å². The standard InChI is InChI=1S/C26H29N5O5/c1-4-28(5-2)13-9-15-30-23(18-10-8-11-19(16-18)31(35)36)21(25(33)26(30)34)24(32)22-17(3)27-20-12-6-7-14-29(20)22/h6-8,10-12,14,16,23,32H,4-5,9,13,15H2,1-3H3/t23-/m1/s1. The van der Waals surface area contributed by atoms with Crippen molar-refractivity contribution in [3.8, 4) is 0 Å². The fraction of sp³-hybridized carbons (Fsp3) is 0.346. The van der Waals surface area contributed by atoms with Crippen molar-refractivity contribution < 1.29 is 19.6 Å². The first-order valence-corrected chi connectivity index (χ1v) is 12.0. The minimum absolute atomic E-state index is 0.0999. The van der Waals surface area contributed by atoms with E-state index in [4.69, 9.17) is 0 Å². The van der Waals surface area contributed by atoms with Crippen molar-refractivity contribution in [1.29, 1.82) is 0 Å². The van der Waals surface area contributed by atoms with E-state index in [0.29, 0.717) is 29.0 Å². The SMILES string of the molecule is CCN(CC)CCCN1C(=O)C(=O)C(=C(O)c2c(C)nc3ccccn23)[C@H]1c1cccc([N+](=O)[O-])c1. The lowest BCUT2D eigenvalue weighted by atomic mass is 9.96. The van der Waals surface area contributed by atoms with Crippen LogP contribution in [0.4, 0.5) is 5.69 Å². The lowest BCUT2D eigenvalue weighted by Gasteiger charge is -2.26. The first kappa shape index (κ1) is 25.1. The zero-order valence-electron chi connectivity index (χ0n) is 20.5. The van der Waals surface area contributed by atoms with Crippen LogP contribution in [0.2, 0.25) is 0 Å². The van der Waals surface area contributed by atoms with Crippen molar-refractivity contribution in [2.24, 2.45) is 0 Å². The molecule has 0 unspecified atom stereocenters. The molecule has 0 saturated carbocycles. The molecule has 36 heavy (non-hydrogen) atoms. The third kappa shape index (κ3) is 4.47. The average Bonchev–Trinajstić information content (AvgIpc) is 3.34. The number of amides is 1. The van der Waals surface area contributed by atoms with Gasteiger partial charge in [0, 0.05) is 24.9 Å². The van der Waals surface area contributed by atoms with Gasteiger partial charge in [0.15, 0.2) is 5.76 Å². The number of ketones is 1. The molecular formula is C26H29N5O5. The average molecular weight is 492 g/mol. The van der Waals surface area contributed by atoms with E-state index < -0.39 is 22.7 Å². The summed E-state index contributed by atoms with van der Waals surface area (Å²) >= 11 is 0. The van der Waals surface area contributed by atoms with Crippen LogP contribution in [0.25, 0.3) is 11.4 Å². The zero-order chi connectivity index (χ0) is 26.0. The normalized spacial score (nSPS) is 17.4. The molecule has 1 aromatic carbocycles. The predicted molar refractivity (Wildman–Crippen MR) is 134 cm³/mol. The number of Topliss-reactive ketones (excluding diaryl/α,β-unsaturated/α-hetero) is 1. The number of hydrogen-bond acceptors (Lipinski definition) is 7. The number of likely N-dealkylation sites (tertiary alicyclic amines) is 1. The number of rotatable bonds is 9. The van der Waals surface area contributed by atoms with E-state index in [2.05, 4.69) is 23.7 Å². The topological polar surface area (TPSA) is 121 Å². The van der Waals surface area contributed by atoms with Crippen LogP contribution in [-0.2, 0) is 9.59 Å². The number of fused-ring (bicyclic) bond motifs is 1. The van der Waals surface area contributed by atoms with Gasteiger partial charge >= 0.3 is 0 Å². The second kappa shape index (κ2) is 10.3. The summed E-state index contributed by atoms with van der Waals surface area (Å²) in [6.45, 7) is 8.52. The molecule has 1 saturated heterocycles. The Labute approximate surface area is 208 Å². The van der Waals surface area contributed by atoms with Gasteiger partial charge in [0.1, 0.15) is 11.3 Å². The monoisotopic (exact) mass is 491 g/mol. The molecule has 1 N–H and O–H groups in total. The molecule has 1 aliphatic heterocycles. The van der Waals surface area contributed by atoms with E-state index in [1.807, 2.05) is 6.07 Å². The Hall–Kier alpha value is -4.05. The van der Waals surface area contributed by atoms with Gasteiger partial charge < -0.3 is 14.9 Å². The van der Waals surface area contributed by atoms with Gasteiger partial charge in [0.2, 0.25) is 0 Å². The van der Waals surface area contributed by atoms with Gasteiger partial charge in [-0.25, -0.2) is 4.98 Å². The Morgan fingerprint density at radius 2 is 1.92 bits per heavy atom. The van der Waals surface area contributed by atoms with Gasteiger partial charge in [-0.15, -0.1) is 0 Å². The Morgan fingerprint density at radius 3 is 2.61 bits per heavy atom. The number of aromatic nitrogens is 2. The second-order valence-electron chi connectivity index (χ2n) is 8.70. The van der Waals surface area contributed by atoms with Crippen LogP contribution in [0, 0.1) is 17.0 Å². The summed E-state index contributed by atoms with van der Waals surface area (Å²) in [5.74, 6) is -1.91. The molecule has 3 aromatic rings. The van der Waals surface area contributed by atoms with E-state index >= 15 is 0 Å². The van der Waals surface area contributed by atoms with Crippen molar-refractivity contribution in [2.45, 2.75) is 33.2 Å². The number of carbonyl (C=O) groups is 2. The number of aliphatic hydroxyl groups is 1. The molecule has 1 amide bonds. The highest BCUT2D eigenvalue weighted by molar-refractivity contribution is 6.46. The van der Waals surface area contributed by atoms with E-state index in [-0.39, 0.29) is 23.6 Å². The first-order chi connectivity index (χ1) is 17.3. The summed E-state index contributed by atoms with van der Waals surface area (Å²) in [5.41, 5.74) is 1.51. The molecule has 0 aliphatic carbocycles. The maximum Gasteiger partial charge on any atom is 0.295 e. The molecule has 4 rings (SSSR count). The van der Waals surface area contributed by atoms with Crippen molar-refractivity contribution in [2.75, 3.05) is 26.2 Å². The van der Waals surface area contributed by atoms with Gasteiger partial charge in [-0.3, -0.25) is 24.1 Å². The number of imidazole rings is 1. The molecule has 2 aromatic heterocycles. The number of non-ortho nitro benzene ring substituents is 1. The highest BCUT2D eigenvalue weighted by Gasteiger charge is 2.46. The Balaban J connectivity index is 1.85. The lowest BCUT2D eigenvalue weighted by molar-refractivity contribution is -0.384. The Bertz CT molecular complexity index is 1360. The lowest BCUT2D eigenvalue weighted by Crippen LogP contribution is -2.33. The van der Waals surface area contributed by atoms with Crippen LogP contribution in [-0.4, -0.2) is 67.1 Å². The fourth-order valence-corrected chi connectivity index (χ4v) is 4.80. The van der Waals surface area contributed by atoms with E-state index in [0.717, 1.165) is 19.6 Å². The van der Waals surface area contributed by atoms with Crippen molar-refractivity contribution in [3.05, 3.63) is 81.3 Å². The summed E-state index contributed by atoms with van der Waals surface area (Å²) in [4.78, 5) is 45.6. The molecule has 10 heteroatoms. The van der Waals surface area contributed by atoms with Crippen LogP contribution < -0.4 is 0 Å². The number of carbonyl (C=O) groups excluding carboxylic acids is 2. The minimum atomic E-state index is -0.963. The van der Waals surface area contributed by atoms with E-state index in [1.54, 1.807) is 35.7 Å². The number of benzene rings is 1. The van der Waals surface area contributed by atoms with Crippen molar-refractivity contribution in [1.82, 2.24) is 19.2 Å². The molecule has 3 heterocycles. The summed E-state index contributed by atoms with van der Waals surface area (Å²) < 4.78 is 1.66. The van der Waals surface area contributed by atoms with E-state index in [1.165, 1.54) is 23.1 Å². The second-order valence-corrected chi connectivity index (χ2v) is 8.70. The van der Waals surface area contributed by atoms with Gasteiger partial charge in [0.25, 0.3) is 17.4 Å². The Kier molecular flexibility index (Phi) is 7.16. The molecule has 0 bridgehead atoms. The van der Waals surface area contributed by atoms with Gasteiger partial charge in [-0.1, -0.05) is 32.0 Å². The minimum Gasteiger partial charge on any atom is -0.505 e. The number of pyridine rings is 1. The molecular weight excluding hydrogens is 462 g/mol. The van der Waals surface area contributed by atoms with Crippen molar-refractivity contribution >= 4 is 28.8 Å². The van der Waals surface area contributed by atoms with Gasteiger partial charge in [-0.05, 0) is 50.7 Å². The van der Waals surface area contributed by atoms with Crippen LogP contribution in [0.15, 0.2) is 54.2 Å². The summed E-state index contributed by atoms with van der Waals surface area (Å²) in [6, 6.07) is 10.2. The molecule has 1 atom stereocenters. The fourth-order valence-electron chi connectivity index (χ4n) is 4.80. The van der Waals surface area contributed by atoms with E-state index in [9.17, 15) is 24.8 Å². The number of nitrogens with zero attached hydrogens (tertiary/aromatic N) is 5. The quantitative estimate of drug-likeness (QED) is 0.159. The van der Waals surface area contributed by atoms with Crippen LogP contribution in [0.5, 0.6) is 0 Å². The van der Waals surface area contributed by atoms with Gasteiger partial charge in [-0.2, -0.15) is 0 Å². The third-order valence-electron chi connectivity index (χ3n) is 6.63. The number of nitro benzene ring substituents is 1. The maximum absolute atomic E-state index is 13.3. The largest absolute Gasteiger partial charge is 0.505 e. The molecule has 1 aliphatic rings. The smallest absolute Gasteiger partial charge is 0.295 e. The van der Waals surface area contributed by atoms with Gasteiger partial charge in [0.05, 0.1) is 22.2 Å². The molecule has 10 nitrogen and oxygen atoms in total.